The van der Waals surface area contributed by atoms with Crippen LogP contribution in [0.3, 0.4) is 0 Å². The Labute approximate surface area is 166 Å². The lowest BCUT2D eigenvalue weighted by molar-refractivity contribution is -0.684. The molecule has 0 radical (unpaired) electrons. The van der Waals surface area contributed by atoms with Crippen molar-refractivity contribution in [2.45, 2.75) is 6.54 Å². The maximum atomic E-state index is 12.4. The Morgan fingerprint density at radius 1 is 1.03 bits per heavy atom. The fourth-order valence-electron chi connectivity index (χ4n) is 2.73. The number of benzene rings is 2. The van der Waals surface area contributed by atoms with Crippen molar-refractivity contribution in [3.63, 3.8) is 0 Å². The molecule has 0 aliphatic heterocycles. The number of ketones is 1. The zero-order valence-corrected chi connectivity index (χ0v) is 15.6. The summed E-state index contributed by atoms with van der Waals surface area (Å²) in [6, 6.07) is 16.1. The zero-order valence-electron chi connectivity index (χ0n) is 15.6. The topological polar surface area (TPSA) is 102 Å². The van der Waals surface area contributed by atoms with Crippen LogP contribution in [0.4, 0.5) is 11.4 Å². The van der Waals surface area contributed by atoms with Crippen LogP contribution in [0.2, 0.25) is 0 Å². The standard InChI is InChI=1S/C21H17N3O5/c1-29-19-8-7-17(24(27)28)13-18(19)22-20(25)14-23-11-9-16(10-12-23)21(26)15-5-3-2-4-6-15/h2-13H,14H2,1H3/p+1. The Bertz CT molecular complexity index is 1050. The molecule has 0 saturated carbocycles. The summed E-state index contributed by atoms with van der Waals surface area (Å²) < 4.78 is 6.73. The van der Waals surface area contributed by atoms with Crippen molar-refractivity contribution in [2.24, 2.45) is 0 Å². The van der Waals surface area contributed by atoms with Gasteiger partial charge in [-0.1, -0.05) is 30.3 Å². The van der Waals surface area contributed by atoms with Crippen molar-refractivity contribution in [1.82, 2.24) is 0 Å². The summed E-state index contributed by atoms with van der Waals surface area (Å²) in [4.78, 5) is 35.2. The van der Waals surface area contributed by atoms with E-state index >= 15 is 0 Å². The van der Waals surface area contributed by atoms with Crippen LogP contribution in [0.25, 0.3) is 0 Å². The Balaban J connectivity index is 1.69. The Kier molecular flexibility index (Phi) is 5.94. The van der Waals surface area contributed by atoms with Gasteiger partial charge >= 0.3 is 0 Å². The molecule has 0 fully saturated rings. The van der Waals surface area contributed by atoms with Crippen molar-refractivity contribution in [1.29, 1.82) is 0 Å². The van der Waals surface area contributed by atoms with E-state index in [0.717, 1.165) is 0 Å². The number of carbonyl (C=O) groups excluding carboxylic acids is 2. The molecule has 146 valence electrons. The first-order valence-corrected chi connectivity index (χ1v) is 8.69. The van der Waals surface area contributed by atoms with Crippen LogP contribution in [0.1, 0.15) is 15.9 Å². The molecule has 0 aliphatic carbocycles. The van der Waals surface area contributed by atoms with Gasteiger partial charge in [0.1, 0.15) is 5.75 Å². The average molecular weight is 392 g/mol. The van der Waals surface area contributed by atoms with Crippen LogP contribution < -0.4 is 14.6 Å². The van der Waals surface area contributed by atoms with Crippen LogP contribution >= 0.6 is 0 Å². The maximum absolute atomic E-state index is 12.4. The van der Waals surface area contributed by atoms with E-state index in [4.69, 9.17) is 4.74 Å². The number of nitrogens with zero attached hydrogens (tertiary/aromatic N) is 2. The van der Waals surface area contributed by atoms with Gasteiger partial charge in [-0.3, -0.25) is 19.7 Å². The van der Waals surface area contributed by atoms with Crippen LogP contribution in [0, 0.1) is 10.1 Å². The third-order valence-electron chi connectivity index (χ3n) is 4.18. The number of anilines is 1. The summed E-state index contributed by atoms with van der Waals surface area (Å²) in [6.45, 7) is -0.0361. The lowest BCUT2D eigenvalue weighted by Gasteiger charge is -2.09. The summed E-state index contributed by atoms with van der Waals surface area (Å²) in [5.41, 5.74) is 1.15. The van der Waals surface area contributed by atoms with Crippen LogP contribution in [-0.4, -0.2) is 23.7 Å². The van der Waals surface area contributed by atoms with Crippen molar-refractivity contribution < 1.29 is 23.8 Å². The third-order valence-corrected chi connectivity index (χ3v) is 4.18. The molecule has 0 aliphatic rings. The number of rotatable bonds is 7. The molecule has 1 N–H and O–H groups in total. The number of ether oxygens (including phenoxy) is 1. The number of non-ortho nitro benzene ring substituents is 1. The smallest absolute Gasteiger partial charge is 0.290 e. The van der Waals surface area contributed by atoms with Crippen molar-refractivity contribution in [2.75, 3.05) is 12.4 Å². The first-order valence-electron chi connectivity index (χ1n) is 8.69. The van der Waals surface area contributed by atoms with Crippen molar-refractivity contribution in [3.8, 4) is 5.75 Å². The quantitative estimate of drug-likeness (QED) is 0.288. The third kappa shape index (κ3) is 4.81. The van der Waals surface area contributed by atoms with Crippen LogP contribution in [-0.2, 0) is 11.3 Å². The Morgan fingerprint density at radius 2 is 1.69 bits per heavy atom. The molecule has 0 spiro atoms. The van der Waals surface area contributed by atoms with E-state index < -0.39 is 10.8 Å². The largest absolute Gasteiger partial charge is 0.495 e. The van der Waals surface area contributed by atoms with Gasteiger partial charge in [0.15, 0.2) is 18.2 Å². The summed E-state index contributed by atoms with van der Waals surface area (Å²) >= 11 is 0. The van der Waals surface area contributed by atoms with Gasteiger partial charge < -0.3 is 10.1 Å². The number of nitro groups is 1. The normalized spacial score (nSPS) is 10.2. The van der Waals surface area contributed by atoms with E-state index in [2.05, 4.69) is 5.32 Å². The number of nitrogens with one attached hydrogen (secondary N) is 1. The number of pyridine rings is 1. The molecular weight excluding hydrogens is 374 g/mol. The fourth-order valence-corrected chi connectivity index (χ4v) is 2.73. The molecule has 1 amide bonds. The summed E-state index contributed by atoms with van der Waals surface area (Å²) in [7, 11) is 1.41. The second-order valence-electron chi connectivity index (χ2n) is 6.14. The fraction of sp³-hybridized carbons (Fsp3) is 0.0952. The van der Waals surface area contributed by atoms with Crippen molar-refractivity contribution >= 4 is 23.1 Å². The first kappa shape index (κ1) is 19.7. The van der Waals surface area contributed by atoms with Gasteiger partial charge in [0.2, 0.25) is 6.54 Å². The molecule has 0 atom stereocenters. The van der Waals surface area contributed by atoms with Gasteiger partial charge in [0.25, 0.3) is 11.6 Å². The minimum absolute atomic E-state index is 0.0361. The van der Waals surface area contributed by atoms with E-state index in [1.807, 2.05) is 6.07 Å². The SMILES string of the molecule is COc1ccc([N+](=O)[O-])cc1NC(=O)C[n+]1ccc(C(=O)c2ccccc2)cc1. The zero-order chi connectivity index (χ0) is 20.8. The minimum Gasteiger partial charge on any atom is -0.495 e. The number of methoxy groups -OCH3 is 1. The van der Waals surface area contributed by atoms with Crippen LogP contribution in [0.5, 0.6) is 5.75 Å². The average Bonchev–Trinajstić information content (AvgIpc) is 2.74. The summed E-state index contributed by atoms with van der Waals surface area (Å²) in [5.74, 6) is -0.183. The second-order valence-corrected chi connectivity index (χ2v) is 6.14. The molecule has 29 heavy (non-hydrogen) atoms. The van der Waals surface area contributed by atoms with E-state index in [9.17, 15) is 19.7 Å². The summed E-state index contributed by atoms with van der Waals surface area (Å²) in [5, 5.41) is 13.6. The Morgan fingerprint density at radius 3 is 2.31 bits per heavy atom. The molecule has 8 heteroatoms. The molecule has 0 unspecified atom stereocenters. The Hall–Kier alpha value is -4.07. The highest BCUT2D eigenvalue weighted by molar-refractivity contribution is 6.08. The van der Waals surface area contributed by atoms with Gasteiger partial charge in [-0.2, -0.15) is 4.57 Å². The predicted molar refractivity (Wildman–Crippen MR) is 105 cm³/mol. The molecule has 1 aromatic heterocycles. The van der Waals surface area contributed by atoms with E-state index in [1.165, 1.54) is 25.3 Å². The summed E-state index contributed by atoms with van der Waals surface area (Å²) in [6.07, 6.45) is 3.25. The molecule has 1 heterocycles. The first-order chi connectivity index (χ1) is 14.0. The number of hydrogen-bond donors (Lipinski definition) is 1. The maximum Gasteiger partial charge on any atom is 0.290 e. The minimum atomic E-state index is -0.549. The highest BCUT2D eigenvalue weighted by Gasteiger charge is 2.17. The molecular formula is C21H18N3O5+. The molecule has 2 aromatic carbocycles. The van der Waals surface area contributed by atoms with Gasteiger partial charge in [-0.15, -0.1) is 0 Å². The van der Waals surface area contributed by atoms with E-state index in [0.29, 0.717) is 16.9 Å². The lowest BCUT2D eigenvalue weighted by Crippen LogP contribution is -2.39. The second kappa shape index (κ2) is 8.75. The van der Waals surface area contributed by atoms with E-state index in [1.54, 1.807) is 53.4 Å². The van der Waals surface area contributed by atoms with Crippen molar-refractivity contribution in [3.05, 3.63) is 94.3 Å². The molecule has 0 saturated heterocycles. The van der Waals surface area contributed by atoms with Gasteiger partial charge in [-0.25, -0.2) is 0 Å². The monoisotopic (exact) mass is 392 g/mol. The number of nitro benzene ring substituents is 1. The highest BCUT2D eigenvalue weighted by Crippen LogP contribution is 2.28. The highest BCUT2D eigenvalue weighted by atomic mass is 16.6. The van der Waals surface area contributed by atoms with Gasteiger partial charge in [0, 0.05) is 35.4 Å². The number of aromatic nitrogens is 1. The molecule has 3 rings (SSSR count). The number of carbonyl (C=O) groups is 2. The molecule has 3 aromatic rings. The van der Waals surface area contributed by atoms with Gasteiger partial charge in [0.05, 0.1) is 17.7 Å². The lowest BCUT2D eigenvalue weighted by atomic mass is 10.0. The van der Waals surface area contributed by atoms with Gasteiger partial charge in [-0.05, 0) is 6.07 Å². The predicted octanol–water partition coefficient (Wildman–Crippen LogP) is 2.76. The number of hydrogen-bond acceptors (Lipinski definition) is 5. The molecule has 8 nitrogen and oxygen atoms in total. The van der Waals surface area contributed by atoms with E-state index in [-0.39, 0.29) is 23.7 Å². The molecule has 0 bridgehead atoms. The van der Waals surface area contributed by atoms with Crippen LogP contribution in [0.15, 0.2) is 73.1 Å². The number of amides is 1.